The number of fused-ring (bicyclic) bond motifs is 1. The predicted octanol–water partition coefficient (Wildman–Crippen LogP) is 2.42. The van der Waals surface area contributed by atoms with Gasteiger partial charge in [-0.05, 0) is 37.6 Å². The molecule has 2 aromatic carbocycles. The van der Waals surface area contributed by atoms with E-state index in [1.54, 1.807) is 48.5 Å². The number of sulfone groups is 1. The first-order chi connectivity index (χ1) is 16.2. The highest BCUT2D eigenvalue weighted by Gasteiger charge is 2.52. The fourth-order valence-electron chi connectivity index (χ4n) is 4.57. The van der Waals surface area contributed by atoms with Gasteiger partial charge in [-0.15, -0.1) is 0 Å². The minimum atomic E-state index is -3.26. The number of carbonyl (C=O) groups is 3. The van der Waals surface area contributed by atoms with Crippen LogP contribution in [0.4, 0.5) is 10.5 Å². The maximum absolute atomic E-state index is 13.4. The van der Waals surface area contributed by atoms with Crippen molar-refractivity contribution in [2.45, 2.75) is 24.9 Å². The van der Waals surface area contributed by atoms with Crippen molar-refractivity contribution in [2.75, 3.05) is 23.0 Å². The number of urea groups is 1. The number of rotatable bonds is 5. The molecule has 176 valence electrons. The lowest BCUT2D eigenvalue weighted by Crippen LogP contribution is -2.48. The third-order valence-electron chi connectivity index (χ3n) is 6.36. The molecule has 2 atom stereocenters. The predicted molar refractivity (Wildman–Crippen MR) is 125 cm³/mol. The van der Waals surface area contributed by atoms with Gasteiger partial charge in [0.25, 0.3) is 5.91 Å². The number of anilines is 1. The van der Waals surface area contributed by atoms with Gasteiger partial charge in [0.1, 0.15) is 17.9 Å². The summed E-state index contributed by atoms with van der Waals surface area (Å²) in [5, 5.41) is 3.44. The van der Waals surface area contributed by atoms with Gasteiger partial charge >= 0.3 is 6.03 Å². The Labute approximate surface area is 196 Å². The summed E-state index contributed by atoms with van der Waals surface area (Å²) in [5.74, 6) is -1.06. The van der Waals surface area contributed by atoms with Gasteiger partial charge < -0.3 is 14.6 Å². The van der Waals surface area contributed by atoms with E-state index in [-0.39, 0.29) is 17.3 Å². The Bertz CT molecular complexity index is 1370. The minimum absolute atomic E-state index is 0.0124. The first kappa shape index (κ1) is 22.1. The Hall–Kier alpha value is -3.66. The molecule has 4 amide bonds. The largest absolute Gasteiger partial charge is 0.458 e. The number of para-hydroxylation sites is 2. The van der Waals surface area contributed by atoms with Crippen LogP contribution < -0.4 is 10.2 Å². The molecule has 2 fully saturated rings. The molecule has 0 aliphatic carbocycles. The van der Waals surface area contributed by atoms with E-state index in [1.807, 2.05) is 12.1 Å². The topological polar surface area (TPSA) is 117 Å². The number of benzene rings is 2. The van der Waals surface area contributed by atoms with Crippen LogP contribution in [0.2, 0.25) is 0 Å². The van der Waals surface area contributed by atoms with Crippen molar-refractivity contribution >= 4 is 44.3 Å². The summed E-state index contributed by atoms with van der Waals surface area (Å²) in [6.07, 6.45) is 0.291. The molecule has 5 rings (SSSR count). The molecule has 0 spiro atoms. The Kier molecular flexibility index (Phi) is 5.20. The number of hydrogen-bond acceptors (Lipinski definition) is 6. The van der Waals surface area contributed by atoms with Crippen molar-refractivity contribution in [3.63, 3.8) is 0 Å². The number of nitrogens with one attached hydrogen (secondary N) is 1. The summed E-state index contributed by atoms with van der Waals surface area (Å²) in [6, 6.07) is 16.3. The first-order valence-electron chi connectivity index (χ1n) is 10.9. The summed E-state index contributed by atoms with van der Waals surface area (Å²) in [7, 11) is -3.26. The number of amides is 4. The van der Waals surface area contributed by atoms with E-state index in [1.165, 1.54) is 11.8 Å². The molecular weight excluding hydrogens is 458 g/mol. The van der Waals surface area contributed by atoms with Gasteiger partial charge in [-0.25, -0.2) is 13.2 Å². The van der Waals surface area contributed by atoms with E-state index >= 15 is 0 Å². The fraction of sp³-hybridized carbons (Fsp3) is 0.292. The molecule has 0 saturated carbocycles. The molecular formula is C24H23N3O6S. The molecule has 2 saturated heterocycles. The molecule has 10 heteroatoms. The molecule has 1 N–H and O–H groups in total. The third kappa shape index (κ3) is 3.73. The van der Waals surface area contributed by atoms with Crippen molar-refractivity contribution in [2.24, 2.45) is 0 Å². The lowest BCUT2D eigenvalue weighted by Gasteiger charge is -2.29. The maximum Gasteiger partial charge on any atom is 0.325 e. The van der Waals surface area contributed by atoms with Gasteiger partial charge in [0.2, 0.25) is 5.91 Å². The van der Waals surface area contributed by atoms with Crippen molar-refractivity contribution in [3.05, 3.63) is 66.4 Å². The van der Waals surface area contributed by atoms with Crippen LogP contribution in [0.15, 0.2) is 65.1 Å². The second kappa shape index (κ2) is 7.98. The molecule has 2 aliphatic rings. The summed E-state index contributed by atoms with van der Waals surface area (Å²) >= 11 is 0. The number of hydrogen-bond donors (Lipinski definition) is 1. The number of imide groups is 1. The zero-order valence-electron chi connectivity index (χ0n) is 18.4. The highest BCUT2D eigenvalue weighted by molar-refractivity contribution is 7.91. The van der Waals surface area contributed by atoms with Crippen LogP contribution in [-0.2, 0) is 25.0 Å². The molecule has 2 aliphatic heterocycles. The smallest absolute Gasteiger partial charge is 0.325 e. The summed E-state index contributed by atoms with van der Waals surface area (Å²) in [4.78, 5) is 41.8. The van der Waals surface area contributed by atoms with Gasteiger partial charge in [-0.3, -0.25) is 14.5 Å². The van der Waals surface area contributed by atoms with E-state index in [0.29, 0.717) is 17.7 Å². The van der Waals surface area contributed by atoms with Crippen LogP contribution in [0.5, 0.6) is 0 Å². The summed E-state index contributed by atoms with van der Waals surface area (Å²) in [6.45, 7) is 1.01. The van der Waals surface area contributed by atoms with E-state index in [4.69, 9.17) is 4.42 Å². The molecule has 34 heavy (non-hydrogen) atoms. The number of carbonyl (C=O) groups excluding carboxylic acids is 3. The second-order valence-electron chi connectivity index (χ2n) is 8.75. The third-order valence-corrected chi connectivity index (χ3v) is 8.11. The Balaban J connectivity index is 1.42. The van der Waals surface area contributed by atoms with Crippen LogP contribution in [0.3, 0.4) is 0 Å². The van der Waals surface area contributed by atoms with E-state index in [2.05, 4.69) is 5.32 Å². The molecule has 0 radical (unpaired) electrons. The Morgan fingerprint density at radius 1 is 1.15 bits per heavy atom. The highest BCUT2D eigenvalue weighted by atomic mass is 32.2. The van der Waals surface area contributed by atoms with Crippen LogP contribution in [0, 0.1) is 0 Å². The molecule has 1 aromatic heterocycles. The normalized spacial score (nSPS) is 23.9. The maximum atomic E-state index is 13.4. The van der Waals surface area contributed by atoms with Gasteiger partial charge in [0.15, 0.2) is 15.4 Å². The zero-order chi connectivity index (χ0) is 24.1. The lowest BCUT2D eigenvalue weighted by molar-refractivity contribution is -0.134. The van der Waals surface area contributed by atoms with Crippen molar-refractivity contribution < 1.29 is 27.2 Å². The standard InChI is InChI=1S/C24H23N3O6S/c1-24(20-13-16-7-5-6-10-19(16)33-20)22(29)26(23(30)25-24)14-21(28)27(17-8-3-2-4-9-17)18-11-12-34(31,32)15-18/h2-10,13,18H,11-12,14-15H2,1H3,(H,25,30)/t18-,24+/m1/s1. The molecule has 3 heterocycles. The average molecular weight is 482 g/mol. The van der Waals surface area contributed by atoms with Crippen LogP contribution in [0.25, 0.3) is 11.0 Å². The van der Waals surface area contributed by atoms with Crippen LogP contribution in [0.1, 0.15) is 19.1 Å². The highest BCUT2D eigenvalue weighted by Crippen LogP contribution is 2.33. The molecule has 3 aromatic rings. The summed E-state index contributed by atoms with van der Waals surface area (Å²) < 4.78 is 30.0. The Morgan fingerprint density at radius 2 is 1.85 bits per heavy atom. The van der Waals surface area contributed by atoms with E-state index in [0.717, 1.165) is 10.3 Å². The van der Waals surface area contributed by atoms with Crippen LogP contribution in [-0.4, -0.2) is 55.3 Å². The zero-order valence-corrected chi connectivity index (χ0v) is 19.2. The second-order valence-corrected chi connectivity index (χ2v) is 11.0. The van der Waals surface area contributed by atoms with Gasteiger partial charge in [0.05, 0.1) is 17.5 Å². The van der Waals surface area contributed by atoms with Gasteiger partial charge in [-0.1, -0.05) is 36.4 Å². The quantitative estimate of drug-likeness (QED) is 0.560. The van der Waals surface area contributed by atoms with Gasteiger partial charge in [-0.2, -0.15) is 0 Å². The van der Waals surface area contributed by atoms with Gasteiger partial charge in [0, 0.05) is 11.1 Å². The fourth-order valence-corrected chi connectivity index (χ4v) is 6.27. The first-order valence-corrected chi connectivity index (χ1v) is 12.7. The molecule has 0 unspecified atom stereocenters. The number of nitrogens with zero attached hydrogens (tertiary/aromatic N) is 2. The monoisotopic (exact) mass is 481 g/mol. The minimum Gasteiger partial charge on any atom is -0.458 e. The average Bonchev–Trinajstić information content (AvgIpc) is 3.46. The van der Waals surface area contributed by atoms with E-state index in [9.17, 15) is 22.8 Å². The van der Waals surface area contributed by atoms with Crippen LogP contribution >= 0.6 is 0 Å². The molecule has 0 bridgehead atoms. The van der Waals surface area contributed by atoms with Crippen molar-refractivity contribution in [1.29, 1.82) is 0 Å². The lowest BCUT2D eigenvalue weighted by atomic mass is 9.99. The summed E-state index contributed by atoms with van der Waals surface area (Å²) in [5.41, 5.74) is -0.375. The van der Waals surface area contributed by atoms with Crippen molar-refractivity contribution in [1.82, 2.24) is 10.2 Å². The SMILES string of the molecule is C[C@@]1(c2cc3ccccc3o2)NC(=O)N(CC(=O)N(c2ccccc2)[C@@H]2CCS(=O)(=O)C2)C1=O. The molecule has 9 nitrogen and oxygen atoms in total. The number of furan rings is 1. The Morgan fingerprint density at radius 3 is 2.53 bits per heavy atom. The van der Waals surface area contributed by atoms with Crippen molar-refractivity contribution in [3.8, 4) is 0 Å². The van der Waals surface area contributed by atoms with E-state index < -0.39 is 45.8 Å².